The summed E-state index contributed by atoms with van der Waals surface area (Å²) >= 11 is 0. The first-order valence-electron chi connectivity index (χ1n) is 8.39. The van der Waals surface area contributed by atoms with Gasteiger partial charge in [-0.25, -0.2) is 8.78 Å². The maximum Gasteiger partial charge on any atom is 0.256 e. The van der Waals surface area contributed by atoms with Crippen LogP contribution in [0, 0.1) is 17.0 Å². The number of phenols is 1. The summed E-state index contributed by atoms with van der Waals surface area (Å²) < 4.78 is 26.5. The Hall–Kier alpha value is -3.49. The highest BCUT2D eigenvalue weighted by Gasteiger charge is 2.46. The third kappa shape index (κ3) is 3.93. The topological polar surface area (TPSA) is 106 Å². The second-order valence-corrected chi connectivity index (χ2v) is 6.71. The zero-order valence-electron chi connectivity index (χ0n) is 14.9. The Kier molecular flexibility index (Phi) is 5.00. The maximum atomic E-state index is 13.3. The van der Waals surface area contributed by atoms with E-state index in [9.17, 15) is 23.5 Å². The molecule has 1 unspecified atom stereocenters. The second-order valence-electron chi connectivity index (χ2n) is 6.71. The number of aromatic hydroxyl groups is 1. The van der Waals surface area contributed by atoms with Gasteiger partial charge in [0.2, 0.25) is 0 Å². The van der Waals surface area contributed by atoms with Crippen molar-refractivity contribution >= 4 is 17.8 Å². The van der Waals surface area contributed by atoms with Crippen LogP contribution in [0.5, 0.6) is 5.75 Å². The number of guanidine groups is 1. The Morgan fingerprint density at radius 2 is 1.93 bits per heavy atom. The van der Waals surface area contributed by atoms with Gasteiger partial charge in [-0.3, -0.25) is 19.9 Å². The summed E-state index contributed by atoms with van der Waals surface area (Å²) in [6.45, 7) is 1.39. The summed E-state index contributed by atoms with van der Waals surface area (Å²) in [7, 11) is 0. The number of benzene rings is 2. The molecule has 1 aliphatic rings. The Bertz CT molecular complexity index is 946. The molecule has 3 rings (SSSR count). The van der Waals surface area contributed by atoms with Crippen LogP contribution < -0.4 is 10.6 Å². The van der Waals surface area contributed by atoms with E-state index in [1.54, 1.807) is 12.1 Å². The summed E-state index contributed by atoms with van der Waals surface area (Å²) in [4.78, 5) is 26.1. The third-order valence-electron chi connectivity index (χ3n) is 4.36. The number of phenolic OH excluding ortho intramolecular Hbond substituents is 1. The predicted octanol–water partition coefficient (Wildman–Crippen LogP) is 1.73. The zero-order valence-corrected chi connectivity index (χ0v) is 14.9. The van der Waals surface area contributed by atoms with Crippen molar-refractivity contribution in [3.05, 3.63) is 65.2 Å². The Labute approximate surface area is 159 Å². The first-order valence-corrected chi connectivity index (χ1v) is 8.39. The van der Waals surface area contributed by atoms with Gasteiger partial charge in [-0.15, -0.1) is 0 Å². The number of rotatable bonds is 5. The third-order valence-corrected chi connectivity index (χ3v) is 4.36. The van der Waals surface area contributed by atoms with Crippen molar-refractivity contribution in [1.82, 2.24) is 15.5 Å². The molecule has 9 heteroatoms. The average Bonchev–Trinajstić information content (AvgIpc) is 2.82. The molecule has 1 atom stereocenters. The molecular formula is C19H18F2N4O3. The van der Waals surface area contributed by atoms with Gasteiger partial charge in [0.1, 0.15) is 22.9 Å². The van der Waals surface area contributed by atoms with Crippen molar-refractivity contribution in [2.24, 2.45) is 0 Å². The fourth-order valence-corrected chi connectivity index (χ4v) is 2.93. The highest BCUT2D eigenvalue weighted by Crippen LogP contribution is 2.21. The molecule has 1 fully saturated rings. The maximum absolute atomic E-state index is 13.3. The number of halogens is 2. The number of hydrogen-bond acceptors (Lipinski definition) is 4. The molecule has 2 aromatic rings. The van der Waals surface area contributed by atoms with Gasteiger partial charge < -0.3 is 15.7 Å². The van der Waals surface area contributed by atoms with Gasteiger partial charge in [0.25, 0.3) is 11.8 Å². The molecule has 28 heavy (non-hydrogen) atoms. The molecule has 0 radical (unpaired) electrons. The molecule has 0 saturated carbocycles. The number of hydrogen-bond donors (Lipinski definition) is 4. The van der Waals surface area contributed by atoms with Crippen LogP contribution in [0.15, 0.2) is 42.5 Å². The summed E-state index contributed by atoms with van der Waals surface area (Å²) in [5, 5.41) is 22.8. The molecule has 0 aliphatic carbocycles. The molecule has 7 nitrogen and oxygen atoms in total. The van der Waals surface area contributed by atoms with Crippen LogP contribution in [-0.4, -0.2) is 39.9 Å². The van der Waals surface area contributed by atoms with E-state index in [4.69, 9.17) is 5.41 Å². The van der Waals surface area contributed by atoms with E-state index in [1.807, 2.05) is 0 Å². The molecular weight excluding hydrogens is 370 g/mol. The van der Waals surface area contributed by atoms with Crippen LogP contribution in [0.2, 0.25) is 0 Å². The van der Waals surface area contributed by atoms with Crippen LogP contribution in [0.1, 0.15) is 22.8 Å². The standard InChI is InChI=1S/C19H18F2N4O3/c1-19(10-23-16(27)12-6-13(20)8-14(21)7-12)17(28)25(18(22)24-19)9-11-3-2-4-15(26)5-11/h2-8,26H,9-10H2,1H3,(H2,22,24)(H,23,27). The molecule has 1 saturated heterocycles. The molecule has 146 valence electrons. The smallest absolute Gasteiger partial charge is 0.256 e. The first kappa shape index (κ1) is 19.3. The summed E-state index contributed by atoms with van der Waals surface area (Å²) in [5.41, 5.74) is -0.878. The van der Waals surface area contributed by atoms with Crippen molar-refractivity contribution in [3.63, 3.8) is 0 Å². The second kappa shape index (κ2) is 7.26. The fourth-order valence-electron chi connectivity index (χ4n) is 2.93. The average molecular weight is 388 g/mol. The van der Waals surface area contributed by atoms with E-state index < -0.39 is 29.0 Å². The van der Waals surface area contributed by atoms with Gasteiger partial charge in [-0.2, -0.15) is 0 Å². The fraction of sp³-hybridized carbons (Fsp3) is 0.211. The first-order chi connectivity index (χ1) is 13.2. The lowest BCUT2D eigenvalue weighted by Gasteiger charge is -2.22. The highest BCUT2D eigenvalue weighted by molar-refractivity contribution is 6.08. The molecule has 2 aromatic carbocycles. The molecule has 0 aromatic heterocycles. The lowest BCUT2D eigenvalue weighted by Crippen LogP contribution is -2.53. The normalized spacial score (nSPS) is 18.9. The van der Waals surface area contributed by atoms with Crippen LogP contribution in [0.4, 0.5) is 8.78 Å². The minimum atomic E-state index is -1.30. The molecule has 1 heterocycles. The largest absolute Gasteiger partial charge is 0.508 e. The quantitative estimate of drug-likeness (QED) is 0.626. The Morgan fingerprint density at radius 3 is 2.57 bits per heavy atom. The van der Waals surface area contributed by atoms with Gasteiger partial charge in [0.05, 0.1) is 6.54 Å². The van der Waals surface area contributed by atoms with E-state index in [1.165, 1.54) is 24.0 Å². The molecule has 0 spiro atoms. The lowest BCUT2D eigenvalue weighted by molar-refractivity contribution is -0.130. The van der Waals surface area contributed by atoms with Crippen LogP contribution in [0.25, 0.3) is 0 Å². The van der Waals surface area contributed by atoms with Gasteiger partial charge in [-0.05, 0) is 36.8 Å². The zero-order chi connectivity index (χ0) is 20.5. The number of carbonyl (C=O) groups is 2. The highest BCUT2D eigenvalue weighted by atomic mass is 19.1. The Morgan fingerprint density at radius 1 is 1.25 bits per heavy atom. The van der Waals surface area contributed by atoms with E-state index >= 15 is 0 Å². The monoisotopic (exact) mass is 388 g/mol. The minimum absolute atomic E-state index is 0.0426. The lowest BCUT2D eigenvalue weighted by atomic mass is 10.0. The van der Waals surface area contributed by atoms with Crippen molar-refractivity contribution < 1.29 is 23.5 Å². The van der Waals surface area contributed by atoms with Crippen LogP contribution in [0.3, 0.4) is 0 Å². The SMILES string of the molecule is CC1(CNC(=O)c2cc(F)cc(F)c2)NC(=N)N(Cc2cccc(O)c2)C1=O. The van der Waals surface area contributed by atoms with E-state index in [2.05, 4.69) is 10.6 Å². The van der Waals surface area contributed by atoms with Crippen molar-refractivity contribution in [3.8, 4) is 5.75 Å². The number of carbonyl (C=O) groups excluding carboxylic acids is 2. The molecule has 0 bridgehead atoms. The van der Waals surface area contributed by atoms with Gasteiger partial charge in [0.15, 0.2) is 5.96 Å². The van der Waals surface area contributed by atoms with Crippen molar-refractivity contribution in [2.45, 2.75) is 19.0 Å². The van der Waals surface area contributed by atoms with Crippen LogP contribution in [-0.2, 0) is 11.3 Å². The van der Waals surface area contributed by atoms with Crippen molar-refractivity contribution in [2.75, 3.05) is 6.54 Å². The summed E-state index contributed by atoms with van der Waals surface area (Å²) in [6.07, 6.45) is 0. The minimum Gasteiger partial charge on any atom is -0.508 e. The van der Waals surface area contributed by atoms with Gasteiger partial charge >= 0.3 is 0 Å². The van der Waals surface area contributed by atoms with E-state index in [0.29, 0.717) is 11.6 Å². The predicted molar refractivity (Wildman–Crippen MR) is 96.6 cm³/mol. The number of amides is 2. The van der Waals surface area contributed by atoms with E-state index in [0.717, 1.165) is 12.1 Å². The van der Waals surface area contributed by atoms with Crippen LogP contribution >= 0.6 is 0 Å². The van der Waals surface area contributed by atoms with E-state index in [-0.39, 0.29) is 30.4 Å². The molecule has 4 N–H and O–H groups in total. The summed E-state index contributed by atoms with van der Waals surface area (Å²) in [6, 6.07) is 8.74. The summed E-state index contributed by atoms with van der Waals surface area (Å²) in [5.74, 6) is -3.07. The van der Waals surface area contributed by atoms with Gasteiger partial charge in [-0.1, -0.05) is 12.1 Å². The molecule has 2 amide bonds. The Balaban J connectivity index is 1.69. The molecule has 1 aliphatic heterocycles. The number of nitrogens with one attached hydrogen (secondary N) is 3. The van der Waals surface area contributed by atoms with Crippen molar-refractivity contribution in [1.29, 1.82) is 5.41 Å². The number of nitrogens with zero attached hydrogens (tertiary/aromatic N) is 1. The van der Waals surface area contributed by atoms with Gasteiger partial charge in [0, 0.05) is 18.2 Å².